The maximum atomic E-state index is 12.2. The predicted octanol–water partition coefficient (Wildman–Crippen LogP) is 2.87. The Morgan fingerprint density at radius 2 is 2.13 bits per heavy atom. The number of benzene rings is 1. The fraction of sp³-hybridized carbons (Fsp3) is 0.500. The summed E-state index contributed by atoms with van der Waals surface area (Å²) in [6.45, 7) is 6.12. The largest absolute Gasteiger partial charge is 0.399 e. The summed E-state index contributed by atoms with van der Waals surface area (Å²) in [6, 6.07) is 5.61. The Balaban J connectivity index is 2.95. The fourth-order valence-corrected chi connectivity index (χ4v) is 3.08. The molecule has 0 fully saturated rings. The molecule has 0 saturated heterocycles. The van der Waals surface area contributed by atoms with Crippen molar-refractivity contribution in [3.05, 3.63) is 23.8 Å². The first-order chi connectivity index (χ1) is 7.06. The van der Waals surface area contributed by atoms with Crippen LogP contribution in [0.3, 0.4) is 0 Å². The van der Waals surface area contributed by atoms with Gasteiger partial charge in [-0.2, -0.15) is 0 Å². The molecule has 2 N–H and O–H groups in total. The SMILES string of the molecule is CCCC(C)S(=O)c1cc(N)ccc1C. The lowest BCUT2D eigenvalue weighted by Gasteiger charge is -2.12. The third kappa shape index (κ3) is 3.06. The average Bonchev–Trinajstić information content (AvgIpc) is 2.21. The van der Waals surface area contributed by atoms with Crippen molar-refractivity contribution in [1.29, 1.82) is 0 Å². The number of aryl methyl sites for hydroxylation is 1. The van der Waals surface area contributed by atoms with Crippen LogP contribution in [0, 0.1) is 6.92 Å². The number of nitrogens with two attached hydrogens (primary N) is 1. The van der Waals surface area contributed by atoms with Gasteiger partial charge in [0, 0.05) is 15.8 Å². The lowest BCUT2D eigenvalue weighted by Crippen LogP contribution is -2.11. The Morgan fingerprint density at radius 1 is 1.47 bits per heavy atom. The molecule has 0 aliphatic rings. The summed E-state index contributed by atoms with van der Waals surface area (Å²) >= 11 is 0. The quantitative estimate of drug-likeness (QED) is 0.801. The van der Waals surface area contributed by atoms with Crippen LogP contribution in [-0.4, -0.2) is 9.46 Å². The van der Waals surface area contributed by atoms with Crippen molar-refractivity contribution >= 4 is 16.5 Å². The minimum Gasteiger partial charge on any atom is -0.399 e. The van der Waals surface area contributed by atoms with Crippen molar-refractivity contribution in [2.75, 3.05) is 5.73 Å². The minimum atomic E-state index is -0.930. The van der Waals surface area contributed by atoms with E-state index < -0.39 is 10.8 Å². The zero-order valence-electron chi connectivity index (χ0n) is 9.62. The summed E-state index contributed by atoms with van der Waals surface area (Å²) < 4.78 is 12.2. The molecule has 0 aliphatic carbocycles. The fourth-order valence-electron chi connectivity index (χ4n) is 1.56. The lowest BCUT2D eigenvalue weighted by molar-refractivity contribution is 0.662. The van der Waals surface area contributed by atoms with Crippen molar-refractivity contribution in [1.82, 2.24) is 0 Å². The highest BCUT2D eigenvalue weighted by Gasteiger charge is 2.14. The van der Waals surface area contributed by atoms with E-state index in [9.17, 15) is 4.21 Å². The summed E-state index contributed by atoms with van der Waals surface area (Å²) in [5, 5.41) is 0.204. The monoisotopic (exact) mass is 225 g/mol. The number of rotatable bonds is 4. The van der Waals surface area contributed by atoms with Gasteiger partial charge in [0.05, 0.1) is 10.8 Å². The molecule has 1 aromatic carbocycles. The van der Waals surface area contributed by atoms with Crippen LogP contribution in [-0.2, 0) is 10.8 Å². The maximum absolute atomic E-state index is 12.2. The van der Waals surface area contributed by atoms with Gasteiger partial charge in [0.1, 0.15) is 0 Å². The summed E-state index contributed by atoms with van der Waals surface area (Å²) in [4.78, 5) is 0.885. The Kier molecular flexibility index (Phi) is 4.33. The summed E-state index contributed by atoms with van der Waals surface area (Å²) in [6.07, 6.45) is 2.05. The van der Waals surface area contributed by atoms with Crippen molar-refractivity contribution in [3.8, 4) is 0 Å². The van der Waals surface area contributed by atoms with Crippen LogP contribution in [0.5, 0.6) is 0 Å². The molecule has 0 amide bonds. The smallest absolute Gasteiger partial charge is 0.0561 e. The molecular weight excluding hydrogens is 206 g/mol. The molecule has 0 radical (unpaired) electrons. The van der Waals surface area contributed by atoms with E-state index in [0.717, 1.165) is 23.3 Å². The number of hydrogen-bond acceptors (Lipinski definition) is 2. The van der Waals surface area contributed by atoms with E-state index in [4.69, 9.17) is 5.73 Å². The Bertz CT molecular complexity index is 363. The maximum Gasteiger partial charge on any atom is 0.0561 e. The summed E-state index contributed by atoms with van der Waals surface area (Å²) in [5.41, 5.74) is 7.45. The van der Waals surface area contributed by atoms with Crippen LogP contribution < -0.4 is 5.73 Å². The number of anilines is 1. The topological polar surface area (TPSA) is 43.1 Å². The zero-order chi connectivity index (χ0) is 11.4. The molecule has 0 bridgehead atoms. The van der Waals surface area contributed by atoms with Gasteiger partial charge in [-0.05, 0) is 31.0 Å². The minimum absolute atomic E-state index is 0.204. The molecule has 3 heteroatoms. The first-order valence-corrected chi connectivity index (χ1v) is 6.54. The molecule has 2 atom stereocenters. The second kappa shape index (κ2) is 5.31. The standard InChI is InChI=1S/C12H19NOS/c1-4-5-10(3)15(14)12-8-11(13)7-6-9(12)2/h6-8,10H,4-5,13H2,1-3H3. The Labute approximate surface area is 94.3 Å². The van der Waals surface area contributed by atoms with Crippen molar-refractivity contribution in [3.63, 3.8) is 0 Å². The highest BCUT2D eigenvalue weighted by Crippen LogP contribution is 2.21. The van der Waals surface area contributed by atoms with Gasteiger partial charge in [-0.25, -0.2) is 0 Å². The van der Waals surface area contributed by atoms with Crippen LogP contribution in [0.4, 0.5) is 5.69 Å². The van der Waals surface area contributed by atoms with E-state index >= 15 is 0 Å². The molecule has 2 nitrogen and oxygen atoms in total. The van der Waals surface area contributed by atoms with Gasteiger partial charge in [-0.3, -0.25) is 4.21 Å². The van der Waals surface area contributed by atoms with E-state index in [1.807, 2.05) is 32.0 Å². The molecule has 0 heterocycles. The van der Waals surface area contributed by atoms with E-state index in [-0.39, 0.29) is 5.25 Å². The average molecular weight is 225 g/mol. The molecule has 0 saturated carbocycles. The van der Waals surface area contributed by atoms with Crippen LogP contribution >= 0.6 is 0 Å². The summed E-state index contributed by atoms with van der Waals surface area (Å²) in [7, 11) is -0.930. The van der Waals surface area contributed by atoms with E-state index in [2.05, 4.69) is 6.92 Å². The van der Waals surface area contributed by atoms with Crippen LogP contribution in [0.25, 0.3) is 0 Å². The van der Waals surface area contributed by atoms with Gasteiger partial charge in [0.25, 0.3) is 0 Å². The predicted molar refractivity (Wildman–Crippen MR) is 66.4 cm³/mol. The van der Waals surface area contributed by atoms with Gasteiger partial charge >= 0.3 is 0 Å². The molecule has 2 unspecified atom stereocenters. The number of hydrogen-bond donors (Lipinski definition) is 1. The van der Waals surface area contributed by atoms with Gasteiger partial charge in [0.2, 0.25) is 0 Å². The molecule has 1 aromatic rings. The normalized spacial score (nSPS) is 14.9. The van der Waals surface area contributed by atoms with Gasteiger partial charge < -0.3 is 5.73 Å². The third-order valence-electron chi connectivity index (χ3n) is 2.49. The highest BCUT2D eigenvalue weighted by molar-refractivity contribution is 7.85. The second-order valence-electron chi connectivity index (χ2n) is 3.92. The van der Waals surface area contributed by atoms with E-state index in [0.29, 0.717) is 5.69 Å². The van der Waals surface area contributed by atoms with Gasteiger partial charge in [-0.15, -0.1) is 0 Å². The Hall–Kier alpha value is -0.830. The first kappa shape index (κ1) is 12.2. The Morgan fingerprint density at radius 3 is 2.73 bits per heavy atom. The van der Waals surface area contributed by atoms with Crippen molar-refractivity contribution in [2.24, 2.45) is 0 Å². The third-order valence-corrected chi connectivity index (χ3v) is 4.33. The molecule has 0 aliphatic heterocycles. The molecular formula is C12H19NOS. The number of nitrogen functional groups attached to an aromatic ring is 1. The second-order valence-corrected chi connectivity index (χ2v) is 5.76. The summed E-state index contributed by atoms with van der Waals surface area (Å²) in [5.74, 6) is 0. The molecule has 84 valence electrons. The van der Waals surface area contributed by atoms with Crippen molar-refractivity contribution < 1.29 is 4.21 Å². The molecule has 1 rings (SSSR count). The first-order valence-electron chi connectivity index (χ1n) is 5.33. The van der Waals surface area contributed by atoms with Crippen LogP contribution in [0.15, 0.2) is 23.1 Å². The molecule has 0 spiro atoms. The van der Waals surface area contributed by atoms with Gasteiger partial charge in [0.15, 0.2) is 0 Å². The lowest BCUT2D eigenvalue weighted by atomic mass is 10.2. The van der Waals surface area contributed by atoms with E-state index in [1.165, 1.54) is 0 Å². The van der Waals surface area contributed by atoms with E-state index in [1.54, 1.807) is 0 Å². The molecule has 15 heavy (non-hydrogen) atoms. The zero-order valence-corrected chi connectivity index (χ0v) is 10.4. The van der Waals surface area contributed by atoms with Crippen molar-refractivity contribution in [2.45, 2.75) is 43.8 Å². The van der Waals surface area contributed by atoms with Gasteiger partial charge in [-0.1, -0.05) is 26.3 Å². The highest BCUT2D eigenvalue weighted by atomic mass is 32.2. The van der Waals surface area contributed by atoms with Crippen LogP contribution in [0.2, 0.25) is 0 Å². The van der Waals surface area contributed by atoms with Crippen LogP contribution in [0.1, 0.15) is 32.3 Å². The molecule has 0 aromatic heterocycles.